The number of carbonyl (C=O) groups excluding carboxylic acids is 1. The summed E-state index contributed by atoms with van der Waals surface area (Å²) in [5.41, 5.74) is 8.52. The fraction of sp³-hybridized carbons (Fsp3) is 0.0625. The fourth-order valence-corrected chi connectivity index (χ4v) is 2.36. The van der Waals surface area contributed by atoms with Gasteiger partial charge >= 0.3 is 0 Å². The molecule has 4 nitrogen and oxygen atoms in total. The molecule has 0 bridgehead atoms. The third-order valence-electron chi connectivity index (χ3n) is 3.14. The van der Waals surface area contributed by atoms with E-state index in [-0.39, 0.29) is 11.7 Å². The largest absolute Gasteiger partial charge is 0.451 e. The number of aryl methyl sites for hydroxylation is 1. The smallest absolute Gasteiger partial charge is 0.291 e. The van der Waals surface area contributed by atoms with E-state index in [4.69, 9.17) is 21.8 Å². The first-order chi connectivity index (χ1) is 10.0. The Morgan fingerprint density at radius 3 is 2.76 bits per heavy atom. The first kappa shape index (κ1) is 13.5. The molecule has 3 rings (SSSR count). The zero-order valence-corrected chi connectivity index (χ0v) is 12.1. The van der Waals surface area contributed by atoms with E-state index in [0.29, 0.717) is 22.0 Å². The second-order valence-corrected chi connectivity index (χ2v) is 5.25. The molecule has 0 atom stereocenters. The molecular weight excluding hydrogens is 288 g/mol. The van der Waals surface area contributed by atoms with E-state index in [1.54, 1.807) is 36.4 Å². The van der Waals surface area contributed by atoms with Crippen molar-refractivity contribution < 1.29 is 9.21 Å². The van der Waals surface area contributed by atoms with Gasteiger partial charge in [-0.1, -0.05) is 17.7 Å². The Bertz CT molecular complexity index is 839. The highest BCUT2D eigenvalue weighted by molar-refractivity contribution is 6.34. The van der Waals surface area contributed by atoms with Gasteiger partial charge in [-0.05, 0) is 48.9 Å². The zero-order valence-electron chi connectivity index (χ0n) is 11.3. The van der Waals surface area contributed by atoms with Crippen molar-refractivity contribution in [1.29, 1.82) is 0 Å². The summed E-state index contributed by atoms with van der Waals surface area (Å²) in [6.45, 7) is 1.93. The van der Waals surface area contributed by atoms with Gasteiger partial charge in [-0.25, -0.2) is 0 Å². The van der Waals surface area contributed by atoms with Crippen molar-refractivity contribution in [2.45, 2.75) is 6.92 Å². The molecule has 0 aliphatic carbocycles. The number of halogens is 1. The molecule has 2 aromatic carbocycles. The van der Waals surface area contributed by atoms with Crippen molar-refractivity contribution in [2.24, 2.45) is 0 Å². The minimum atomic E-state index is -0.351. The summed E-state index contributed by atoms with van der Waals surface area (Å²) in [7, 11) is 0. The average molecular weight is 301 g/mol. The van der Waals surface area contributed by atoms with Crippen molar-refractivity contribution >= 4 is 39.9 Å². The molecule has 1 heterocycles. The van der Waals surface area contributed by atoms with Crippen molar-refractivity contribution in [3.8, 4) is 0 Å². The van der Waals surface area contributed by atoms with Crippen molar-refractivity contribution in [1.82, 2.24) is 0 Å². The van der Waals surface area contributed by atoms with Crippen LogP contribution in [0.3, 0.4) is 0 Å². The predicted octanol–water partition coefficient (Wildman–Crippen LogP) is 4.23. The normalized spacial score (nSPS) is 10.8. The van der Waals surface area contributed by atoms with E-state index in [9.17, 15) is 4.79 Å². The fourth-order valence-electron chi connectivity index (χ4n) is 2.08. The lowest BCUT2D eigenvalue weighted by atomic mass is 10.2. The van der Waals surface area contributed by atoms with Crippen LogP contribution in [0.1, 0.15) is 16.1 Å². The minimum absolute atomic E-state index is 0.215. The van der Waals surface area contributed by atoms with Gasteiger partial charge in [0.15, 0.2) is 5.76 Å². The summed E-state index contributed by atoms with van der Waals surface area (Å²) in [4.78, 5) is 12.2. The molecule has 106 valence electrons. The van der Waals surface area contributed by atoms with Gasteiger partial charge in [0.1, 0.15) is 5.58 Å². The van der Waals surface area contributed by atoms with Crippen LogP contribution in [0.25, 0.3) is 11.0 Å². The maximum atomic E-state index is 12.2. The highest BCUT2D eigenvalue weighted by Crippen LogP contribution is 2.25. The SMILES string of the molecule is Cc1ccc(NC(=O)c2cc3cc(N)ccc3o2)c(Cl)c1. The molecule has 5 heteroatoms. The number of amides is 1. The number of nitrogens with one attached hydrogen (secondary N) is 1. The van der Waals surface area contributed by atoms with Gasteiger partial charge in [0.2, 0.25) is 0 Å². The third kappa shape index (κ3) is 2.71. The number of rotatable bonds is 2. The van der Waals surface area contributed by atoms with E-state index < -0.39 is 0 Å². The van der Waals surface area contributed by atoms with Crippen LogP contribution in [0, 0.1) is 6.92 Å². The Kier molecular flexibility index (Phi) is 3.31. The lowest BCUT2D eigenvalue weighted by molar-refractivity contribution is 0.0998. The van der Waals surface area contributed by atoms with E-state index in [1.165, 1.54) is 0 Å². The number of fused-ring (bicyclic) bond motifs is 1. The van der Waals surface area contributed by atoms with Crippen LogP contribution < -0.4 is 11.1 Å². The molecule has 1 aromatic heterocycles. The molecule has 0 fully saturated rings. The number of nitrogen functional groups attached to an aromatic ring is 1. The van der Waals surface area contributed by atoms with Crippen LogP contribution >= 0.6 is 11.6 Å². The number of benzene rings is 2. The molecule has 3 aromatic rings. The number of nitrogens with two attached hydrogens (primary N) is 1. The van der Waals surface area contributed by atoms with E-state index in [0.717, 1.165) is 10.9 Å². The van der Waals surface area contributed by atoms with E-state index >= 15 is 0 Å². The molecule has 0 saturated carbocycles. The second kappa shape index (κ2) is 5.14. The number of furan rings is 1. The summed E-state index contributed by atoms with van der Waals surface area (Å²) in [6, 6.07) is 12.3. The molecule has 3 N–H and O–H groups in total. The summed E-state index contributed by atoms with van der Waals surface area (Å²) in [5, 5.41) is 4.01. The van der Waals surface area contributed by atoms with Crippen molar-refractivity contribution in [3.05, 3.63) is 58.8 Å². The Balaban J connectivity index is 1.89. The van der Waals surface area contributed by atoms with Crippen LogP contribution in [0.4, 0.5) is 11.4 Å². The first-order valence-electron chi connectivity index (χ1n) is 6.39. The van der Waals surface area contributed by atoms with Crippen molar-refractivity contribution in [3.63, 3.8) is 0 Å². The topological polar surface area (TPSA) is 68.3 Å². The summed E-state index contributed by atoms with van der Waals surface area (Å²) < 4.78 is 5.51. The molecule has 0 unspecified atom stereocenters. The monoisotopic (exact) mass is 300 g/mol. The van der Waals surface area contributed by atoms with E-state index in [1.807, 2.05) is 13.0 Å². The third-order valence-corrected chi connectivity index (χ3v) is 3.45. The summed E-state index contributed by atoms with van der Waals surface area (Å²) >= 11 is 6.10. The molecule has 0 saturated heterocycles. The van der Waals surface area contributed by atoms with E-state index in [2.05, 4.69) is 5.32 Å². The first-order valence-corrected chi connectivity index (χ1v) is 6.77. The standard InChI is InChI=1S/C16H13ClN2O2/c1-9-2-4-13(12(17)6-9)19-16(20)15-8-10-7-11(18)3-5-14(10)21-15/h2-8H,18H2,1H3,(H,19,20). The van der Waals surface area contributed by atoms with Gasteiger partial charge in [-0.15, -0.1) is 0 Å². The highest BCUT2D eigenvalue weighted by atomic mass is 35.5. The lowest BCUT2D eigenvalue weighted by Gasteiger charge is -2.06. The molecule has 0 aliphatic heterocycles. The van der Waals surface area contributed by atoms with Gasteiger partial charge in [0, 0.05) is 11.1 Å². The Labute approximate surface area is 126 Å². The number of hydrogen-bond donors (Lipinski definition) is 2. The molecule has 21 heavy (non-hydrogen) atoms. The van der Waals surface area contributed by atoms with Gasteiger partial charge in [-0.3, -0.25) is 4.79 Å². The maximum Gasteiger partial charge on any atom is 0.291 e. The average Bonchev–Trinajstić information content (AvgIpc) is 2.85. The second-order valence-electron chi connectivity index (χ2n) is 4.85. The quantitative estimate of drug-likeness (QED) is 0.696. The lowest BCUT2D eigenvalue weighted by Crippen LogP contribution is -2.11. The molecular formula is C16H13ClN2O2. The number of anilines is 2. The molecule has 1 amide bonds. The molecule has 0 radical (unpaired) electrons. The summed E-state index contributed by atoms with van der Waals surface area (Å²) in [6.07, 6.45) is 0. The van der Waals surface area contributed by atoms with Crippen LogP contribution in [-0.2, 0) is 0 Å². The molecule has 0 spiro atoms. The van der Waals surface area contributed by atoms with Crippen molar-refractivity contribution in [2.75, 3.05) is 11.1 Å². The Morgan fingerprint density at radius 1 is 1.19 bits per heavy atom. The van der Waals surface area contributed by atoms with Crippen LogP contribution in [0.5, 0.6) is 0 Å². The highest BCUT2D eigenvalue weighted by Gasteiger charge is 2.14. The minimum Gasteiger partial charge on any atom is -0.451 e. The maximum absolute atomic E-state index is 12.2. The summed E-state index contributed by atoms with van der Waals surface area (Å²) in [5.74, 6) is -0.136. The van der Waals surface area contributed by atoms with Gasteiger partial charge in [0.25, 0.3) is 5.91 Å². The van der Waals surface area contributed by atoms with Gasteiger partial charge < -0.3 is 15.5 Å². The van der Waals surface area contributed by atoms with Gasteiger partial charge in [-0.2, -0.15) is 0 Å². The molecule has 0 aliphatic rings. The van der Waals surface area contributed by atoms with Crippen LogP contribution in [-0.4, -0.2) is 5.91 Å². The van der Waals surface area contributed by atoms with Crippen LogP contribution in [0.2, 0.25) is 5.02 Å². The number of hydrogen-bond acceptors (Lipinski definition) is 3. The van der Waals surface area contributed by atoms with Crippen LogP contribution in [0.15, 0.2) is 46.9 Å². The Morgan fingerprint density at radius 2 is 2.00 bits per heavy atom. The Hall–Kier alpha value is -2.46. The van der Waals surface area contributed by atoms with Gasteiger partial charge in [0.05, 0.1) is 10.7 Å². The predicted molar refractivity (Wildman–Crippen MR) is 84.8 cm³/mol. The zero-order chi connectivity index (χ0) is 15.0. The number of carbonyl (C=O) groups is 1.